The lowest BCUT2D eigenvalue weighted by molar-refractivity contribution is -0.137. The molecule has 0 spiro atoms. The lowest BCUT2D eigenvalue weighted by atomic mass is 10.1. The van der Waals surface area contributed by atoms with Gasteiger partial charge in [0.15, 0.2) is 11.5 Å². The highest BCUT2D eigenvalue weighted by molar-refractivity contribution is 14.1. The number of anilines is 1. The predicted octanol–water partition coefficient (Wildman–Crippen LogP) is 7.05. The normalized spacial score (nSPS) is 11.5. The zero-order chi connectivity index (χ0) is 25.6. The summed E-state index contributed by atoms with van der Waals surface area (Å²) in [7, 11) is 1.47. The molecule has 0 saturated heterocycles. The van der Waals surface area contributed by atoms with Crippen LogP contribution in [0.4, 0.5) is 18.9 Å². The largest absolute Gasteiger partial charge is 0.493 e. The van der Waals surface area contributed by atoms with E-state index in [2.05, 4.69) is 50.5 Å². The number of amides is 1. The Balaban J connectivity index is 1.81. The molecule has 0 fully saturated rings. The van der Waals surface area contributed by atoms with E-state index in [9.17, 15) is 23.2 Å². The summed E-state index contributed by atoms with van der Waals surface area (Å²) in [6, 6.07) is 17.2. The topological polar surface area (TPSA) is 71.3 Å². The molecule has 0 aliphatic rings. The number of halogens is 5. The predicted molar refractivity (Wildman–Crippen MR) is 143 cm³/mol. The van der Waals surface area contributed by atoms with Crippen molar-refractivity contribution in [3.63, 3.8) is 0 Å². The van der Waals surface area contributed by atoms with Crippen LogP contribution in [0.5, 0.6) is 11.5 Å². The Kier molecular flexibility index (Phi) is 9.01. The van der Waals surface area contributed by atoms with Gasteiger partial charge in [-0.1, -0.05) is 18.2 Å². The molecule has 5 nitrogen and oxygen atoms in total. The molecular weight excluding hydrogens is 687 g/mol. The number of rotatable bonds is 7. The summed E-state index contributed by atoms with van der Waals surface area (Å²) in [5, 5.41) is 11.8. The number of hydrogen-bond donors (Lipinski definition) is 1. The van der Waals surface area contributed by atoms with Gasteiger partial charge in [0.05, 0.1) is 16.2 Å². The standard InChI is InChI=1S/C25H17F3I2N2O3/c1-34-22-11-16(10-21(30)23(22)35-14-15-5-7-19(29)8-6-15)9-17(13-31)24(33)32-20-4-2-3-18(12-20)25(26,27)28/h2-12H,14H2,1H3,(H,32,33)/b17-9-. The molecular formula is C25H17F3I2N2O3. The third kappa shape index (κ3) is 7.35. The Labute approximate surface area is 227 Å². The SMILES string of the molecule is COc1cc(/C=C(/C#N)C(=O)Nc2cccc(C(F)(F)F)c2)cc(I)c1OCc1ccc(I)cc1. The Morgan fingerprint density at radius 3 is 2.46 bits per heavy atom. The molecule has 0 aliphatic carbocycles. The summed E-state index contributed by atoms with van der Waals surface area (Å²) in [5.74, 6) is 0.0831. The summed E-state index contributed by atoms with van der Waals surface area (Å²) in [4.78, 5) is 12.6. The first-order chi connectivity index (χ1) is 16.6. The molecule has 3 aromatic carbocycles. The molecule has 0 aromatic heterocycles. The Morgan fingerprint density at radius 1 is 1.11 bits per heavy atom. The van der Waals surface area contributed by atoms with Gasteiger partial charge in [-0.25, -0.2) is 0 Å². The zero-order valence-corrected chi connectivity index (χ0v) is 22.4. The van der Waals surface area contributed by atoms with Crippen molar-refractivity contribution in [1.82, 2.24) is 0 Å². The summed E-state index contributed by atoms with van der Waals surface area (Å²) in [6.45, 7) is 0.321. The number of hydrogen-bond acceptors (Lipinski definition) is 4. The maximum atomic E-state index is 12.9. The van der Waals surface area contributed by atoms with E-state index >= 15 is 0 Å². The summed E-state index contributed by atoms with van der Waals surface area (Å²) >= 11 is 4.28. The first-order valence-electron chi connectivity index (χ1n) is 9.96. The summed E-state index contributed by atoms with van der Waals surface area (Å²) in [5.41, 5.74) is 0.206. The lowest BCUT2D eigenvalue weighted by Gasteiger charge is -2.14. The number of nitrogens with one attached hydrogen (secondary N) is 1. The summed E-state index contributed by atoms with van der Waals surface area (Å²) in [6.07, 6.45) is -3.22. The fourth-order valence-corrected chi connectivity index (χ4v) is 4.13. The van der Waals surface area contributed by atoms with Crippen LogP contribution in [-0.4, -0.2) is 13.0 Å². The third-order valence-electron chi connectivity index (χ3n) is 4.67. The molecule has 0 aliphatic heterocycles. The van der Waals surface area contributed by atoms with Crippen LogP contribution in [0.2, 0.25) is 0 Å². The van der Waals surface area contributed by atoms with E-state index in [0.29, 0.717) is 27.2 Å². The molecule has 0 atom stereocenters. The number of benzene rings is 3. The lowest BCUT2D eigenvalue weighted by Crippen LogP contribution is -2.14. The average molecular weight is 704 g/mol. The highest BCUT2D eigenvalue weighted by atomic mass is 127. The number of ether oxygens (including phenoxy) is 2. The Morgan fingerprint density at radius 2 is 1.83 bits per heavy atom. The van der Waals surface area contributed by atoms with Crippen molar-refractivity contribution in [2.24, 2.45) is 0 Å². The molecule has 0 radical (unpaired) electrons. The molecule has 0 bridgehead atoms. The smallest absolute Gasteiger partial charge is 0.416 e. The fraction of sp³-hybridized carbons (Fsp3) is 0.120. The number of nitrogens with zero attached hydrogens (tertiary/aromatic N) is 1. The first kappa shape index (κ1) is 26.8. The van der Waals surface area contributed by atoms with E-state index in [0.717, 1.165) is 21.3 Å². The molecule has 0 saturated carbocycles. The first-order valence-corrected chi connectivity index (χ1v) is 12.1. The van der Waals surface area contributed by atoms with Gasteiger partial charge in [0, 0.05) is 9.26 Å². The molecule has 3 rings (SSSR count). The monoisotopic (exact) mass is 704 g/mol. The van der Waals surface area contributed by atoms with Gasteiger partial charge in [0.2, 0.25) is 0 Å². The van der Waals surface area contributed by atoms with Crippen molar-refractivity contribution in [1.29, 1.82) is 5.26 Å². The van der Waals surface area contributed by atoms with Crippen LogP contribution in [0.3, 0.4) is 0 Å². The highest BCUT2D eigenvalue weighted by Gasteiger charge is 2.30. The van der Waals surface area contributed by atoms with Gasteiger partial charge in [-0.05, 0) is 105 Å². The van der Waals surface area contributed by atoms with Crippen LogP contribution in [0.25, 0.3) is 6.08 Å². The minimum Gasteiger partial charge on any atom is -0.493 e. The molecule has 3 aromatic rings. The van der Waals surface area contributed by atoms with E-state index in [4.69, 9.17) is 9.47 Å². The number of carbonyl (C=O) groups excluding carboxylic acids is 1. The number of methoxy groups -OCH3 is 1. The van der Waals surface area contributed by atoms with Crippen LogP contribution in [-0.2, 0) is 17.6 Å². The van der Waals surface area contributed by atoms with E-state index < -0.39 is 17.6 Å². The molecule has 1 N–H and O–H groups in total. The van der Waals surface area contributed by atoms with Gasteiger partial charge in [0.25, 0.3) is 5.91 Å². The average Bonchev–Trinajstić information content (AvgIpc) is 2.82. The van der Waals surface area contributed by atoms with Crippen molar-refractivity contribution in [2.75, 3.05) is 12.4 Å². The number of carbonyl (C=O) groups is 1. The second kappa shape index (κ2) is 11.8. The van der Waals surface area contributed by atoms with E-state index in [1.54, 1.807) is 18.2 Å². The van der Waals surface area contributed by atoms with Crippen molar-refractivity contribution >= 4 is 62.9 Å². The van der Waals surface area contributed by atoms with Crippen molar-refractivity contribution in [3.05, 3.63) is 90.1 Å². The van der Waals surface area contributed by atoms with Crippen molar-refractivity contribution < 1.29 is 27.4 Å². The molecule has 35 heavy (non-hydrogen) atoms. The molecule has 10 heteroatoms. The molecule has 0 unspecified atom stereocenters. The zero-order valence-electron chi connectivity index (χ0n) is 18.1. The van der Waals surface area contributed by atoms with E-state index in [1.807, 2.05) is 24.3 Å². The fourth-order valence-electron chi connectivity index (χ4n) is 2.99. The van der Waals surface area contributed by atoms with Gasteiger partial charge in [-0.2, -0.15) is 18.4 Å². The minimum absolute atomic E-state index is 0.0718. The van der Waals surface area contributed by atoms with Crippen LogP contribution < -0.4 is 14.8 Å². The van der Waals surface area contributed by atoms with Crippen LogP contribution in [0.1, 0.15) is 16.7 Å². The van der Waals surface area contributed by atoms with Crippen LogP contribution >= 0.6 is 45.2 Å². The maximum Gasteiger partial charge on any atom is 0.416 e. The second-order valence-electron chi connectivity index (χ2n) is 7.15. The van der Waals surface area contributed by atoms with E-state index in [1.165, 1.54) is 25.3 Å². The molecule has 1 amide bonds. The van der Waals surface area contributed by atoms with E-state index in [-0.39, 0.29) is 11.3 Å². The Hall–Kier alpha value is -2.79. The number of nitriles is 1. The van der Waals surface area contributed by atoms with Crippen molar-refractivity contribution in [3.8, 4) is 17.6 Å². The molecule has 180 valence electrons. The third-order valence-corrected chi connectivity index (χ3v) is 6.19. The van der Waals surface area contributed by atoms with Gasteiger partial charge < -0.3 is 14.8 Å². The minimum atomic E-state index is -4.55. The van der Waals surface area contributed by atoms with Crippen LogP contribution in [0, 0.1) is 18.5 Å². The number of alkyl halides is 3. The van der Waals surface area contributed by atoms with Gasteiger partial charge in [-0.3, -0.25) is 4.79 Å². The summed E-state index contributed by atoms with van der Waals surface area (Å²) < 4.78 is 52.0. The van der Waals surface area contributed by atoms with Gasteiger partial charge in [0.1, 0.15) is 18.2 Å². The highest BCUT2D eigenvalue weighted by Crippen LogP contribution is 2.35. The van der Waals surface area contributed by atoms with Crippen molar-refractivity contribution in [2.45, 2.75) is 12.8 Å². The molecule has 0 heterocycles. The van der Waals surface area contributed by atoms with Crippen LogP contribution in [0.15, 0.2) is 66.2 Å². The van der Waals surface area contributed by atoms with Gasteiger partial charge in [-0.15, -0.1) is 0 Å². The maximum absolute atomic E-state index is 12.9. The second-order valence-corrected chi connectivity index (χ2v) is 9.56. The van der Waals surface area contributed by atoms with Gasteiger partial charge >= 0.3 is 6.18 Å². The Bertz CT molecular complexity index is 1300. The quantitative estimate of drug-likeness (QED) is 0.163.